The maximum atomic E-state index is 4.47. The van der Waals surface area contributed by atoms with Gasteiger partial charge in [-0.1, -0.05) is 26.8 Å². The van der Waals surface area contributed by atoms with Crippen molar-refractivity contribution in [1.82, 2.24) is 9.36 Å². The van der Waals surface area contributed by atoms with Gasteiger partial charge in [-0.05, 0) is 13.3 Å². The second-order valence-electron chi connectivity index (χ2n) is 4.74. The minimum Gasteiger partial charge on any atom is -0.358 e. The van der Waals surface area contributed by atoms with E-state index in [4.69, 9.17) is 0 Å². The first kappa shape index (κ1) is 12.2. The van der Waals surface area contributed by atoms with Crippen LogP contribution in [-0.4, -0.2) is 15.4 Å². The molecule has 4 heteroatoms. The molecule has 3 nitrogen and oxygen atoms in total. The van der Waals surface area contributed by atoms with Crippen molar-refractivity contribution in [3.63, 3.8) is 0 Å². The Morgan fingerprint density at radius 3 is 2.67 bits per heavy atom. The number of nitrogens with zero attached hydrogens (tertiary/aromatic N) is 2. The van der Waals surface area contributed by atoms with Gasteiger partial charge in [-0.25, -0.2) is 4.98 Å². The molecule has 0 saturated carbocycles. The van der Waals surface area contributed by atoms with Crippen molar-refractivity contribution in [2.75, 3.05) is 5.32 Å². The Morgan fingerprint density at radius 2 is 2.20 bits per heavy atom. The molecule has 0 aliphatic heterocycles. The molecule has 0 spiro atoms. The van der Waals surface area contributed by atoms with Gasteiger partial charge >= 0.3 is 0 Å². The van der Waals surface area contributed by atoms with Gasteiger partial charge in [-0.15, -0.1) is 6.58 Å². The molecule has 1 heterocycles. The lowest BCUT2D eigenvalue weighted by atomic mass is 9.96. The van der Waals surface area contributed by atoms with Crippen LogP contribution in [0.2, 0.25) is 0 Å². The van der Waals surface area contributed by atoms with E-state index < -0.39 is 0 Å². The molecule has 1 rings (SSSR count). The van der Waals surface area contributed by atoms with Crippen molar-refractivity contribution in [2.24, 2.45) is 0 Å². The van der Waals surface area contributed by atoms with Crippen LogP contribution in [0.25, 0.3) is 0 Å². The number of nitrogens with one attached hydrogen (secondary N) is 1. The molecule has 1 unspecified atom stereocenters. The Labute approximate surface area is 95.8 Å². The molecule has 0 amide bonds. The number of anilines is 1. The molecule has 15 heavy (non-hydrogen) atoms. The zero-order chi connectivity index (χ0) is 11.5. The van der Waals surface area contributed by atoms with Gasteiger partial charge in [0, 0.05) is 23.0 Å². The minimum absolute atomic E-state index is 0.0259. The Kier molecular flexibility index (Phi) is 3.85. The number of hydrogen-bond acceptors (Lipinski definition) is 4. The molecule has 0 aliphatic carbocycles. The van der Waals surface area contributed by atoms with Crippen LogP contribution < -0.4 is 5.32 Å². The molecule has 0 radical (unpaired) electrons. The lowest BCUT2D eigenvalue weighted by molar-refractivity contribution is 0.555. The summed E-state index contributed by atoms with van der Waals surface area (Å²) in [6, 6.07) is 0.364. The van der Waals surface area contributed by atoms with E-state index in [9.17, 15) is 0 Å². The molecule has 1 atom stereocenters. The van der Waals surface area contributed by atoms with Gasteiger partial charge in [-0.3, -0.25) is 0 Å². The van der Waals surface area contributed by atoms with Gasteiger partial charge < -0.3 is 5.32 Å². The largest absolute Gasteiger partial charge is 0.358 e. The van der Waals surface area contributed by atoms with Crippen LogP contribution in [0.15, 0.2) is 12.7 Å². The smallest absolute Gasteiger partial charge is 0.202 e. The summed E-state index contributed by atoms with van der Waals surface area (Å²) in [5.41, 5.74) is 0.0259. The fraction of sp³-hybridized carbons (Fsp3) is 0.636. The molecule has 0 aromatic carbocycles. The second-order valence-corrected chi connectivity index (χ2v) is 5.49. The summed E-state index contributed by atoms with van der Waals surface area (Å²) in [5, 5.41) is 4.21. The molecular formula is C11H19N3S. The van der Waals surface area contributed by atoms with Crippen molar-refractivity contribution in [2.45, 2.75) is 45.6 Å². The predicted octanol–water partition coefficient (Wildman–Crippen LogP) is 3.21. The molecular weight excluding hydrogens is 206 g/mol. The molecule has 0 saturated heterocycles. The van der Waals surface area contributed by atoms with E-state index >= 15 is 0 Å². The number of rotatable bonds is 4. The summed E-state index contributed by atoms with van der Waals surface area (Å²) >= 11 is 1.42. The summed E-state index contributed by atoms with van der Waals surface area (Å²) < 4.78 is 4.34. The summed E-state index contributed by atoms with van der Waals surface area (Å²) in [6.07, 6.45) is 2.84. The van der Waals surface area contributed by atoms with Gasteiger partial charge in [0.05, 0.1) is 0 Å². The van der Waals surface area contributed by atoms with Crippen LogP contribution >= 0.6 is 11.5 Å². The van der Waals surface area contributed by atoms with E-state index in [1.54, 1.807) is 0 Å². The zero-order valence-electron chi connectivity index (χ0n) is 9.87. The highest BCUT2D eigenvalue weighted by molar-refractivity contribution is 7.09. The summed E-state index contributed by atoms with van der Waals surface area (Å²) in [6.45, 7) is 12.2. The SMILES string of the molecule is C=CCC(C)Nc1nc(C(C)(C)C)ns1. The monoisotopic (exact) mass is 225 g/mol. The van der Waals surface area contributed by atoms with E-state index in [-0.39, 0.29) is 5.41 Å². The topological polar surface area (TPSA) is 37.8 Å². The van der Waals surface area contributed by atoms with Crippen LogP contribution in [0.3, 0.4) is 0 Å². The average molecular weight is 225 g/mol. The van der Waals surface area contributed by atoms with Crippen LogP contribution in [-0.2, 0) is 5.41 Å². The molecule has 1 N–H and O–H groups in total. The van der Waals surface area contributed by atoms with E-state index in [2.05, 4.69) is 48.9 Å². The second kappa shape index (κ2) is 4.75. The predicted molar refractivity (Wildman–Crippen MR) is 66.5 cm³/mol. The van der Waals surface area contributed by atoms with Gasteiger partial charge in [0.15, 0.2) is 0 Å². The Balaban J connectivity index is 2.64. The fourth-order valence-electron chi connectivity index (χ4n) is 1.11. The van der Waals surface area contributed by atoms with Gasteiger partial charge in [0.1, 0.15) is 5.82 Å². The van der Waals surface area contributed by atoms with E-state index in [1.807, 2.05) is 6.08 Å². The van der Waals surface area contributed by atoms with Crippen molar-refractivity contribution in [3.8, 4) is 0 Å². The highest BCUT2D eigenvalue weighted by atomic mass is 32.1. The van der Waals surface area contributed by atoms with Crippen molar-refractivity contribution >= 4 is 16.7 Å². The van der Waals surface area contributed by atoms with Gasteiger partial charge in [-0.2, -0.15) is 4.37 Å². The Bertz CT molecular complexity index is 325. The summed E-state index contributed by atoms with van der Waals surface area (Å²) in [4.78, 5) is 4.47. The third-order valence-corrected chi connectivity index (χ3v) is 2.63. The van der Waals surface area contributed by atoms with E-state index in [0.29, 0.717) is 6.04 Å². The van der Waals surface area contributed by atoms with Crippen molar-refractivity contribution < 1.29 is 0 Å². The summed E-state index contributed by atoms with van der Waals surface area (Å²) in [7, 11) is 0. The first-order chi connectivity index (χ1) is 6.93. The maximum Gasteiger partial charge on any atom is 0.202 e. The first-order valence-corrected chi connectivity index (χ1v) is 5.92. The van der Waals surface area contributed by atoms with Crippen molar-refractivity contribution in [3.05, 3.63) is 18.5 Å². The Morgan fingerprint density at radius 1 is 1.53 bits per heavy atom. The van der Waals surface area contributed by atoms with Gasteiger partial charge in [0.2, 0.25) is 5.13 Å². The van der Waals surface area contributed by atoms with Crippen LogP contribution in [0.5, 0.6) is 0 Å². The minimum atomic E-state index is 0.0259. The van der Waals surface area contributed by atoms with Crippen LogP contribution in [0.1, 0.15) is 39.9 Å². The molecule has 0 aliphatic rings. The molecule has 0 fully saturated rings. The third kappa shape index (κ3) is 3.63. The van der Waals surface area contributed by atoms with Gasteiger partial charge in [0.25, 0.3) is 0 Å². The lowest BCUT2D eigenvalue weighted by Gasteiger charge is -2.13. The molecule has 84 valence electrons. The molecule has 0 bridgehead atoms. The molecule has 1 aromatic heterocycles. The average Bonchev–Trinajstić information content (AvgIpc) is 2.52. The fourth-order valence-corrected chi connectivity index (χ4v) is 1.98. The zero-order valence-corrected chi connectivity index (χ0v) is 10.7. The van der Waals surface area contributed by atoms with Crippen molar-refractivity contribution in [1.29, 1.82) is 0 Å². The maximum absolute atomic E-state index is 4.47. The Hall–Kier alpha value is -0.900. The third-order valence-electron chi connectivity index (χ3n) is 1.99. The van der Waals surface area contributed by atoms with E-state index in [1.165, 1.54) is 11.5 Å². The quantitative estimate of drug-likeness (QED) is 0.800. The molecule has 1 aromatic rings. The highest BCUT2D eigenvalue weighted by Gasteiger charge is 2.19. The number of aromatic nitrogens is 2. The number of hydrogen-bond donors (Lipinski definition) is 1. The standard InChI is InChI=1S/C11H19N3S/c1-6-7-8(2)12-10-13-9(14-15-10)11(3,4)5/h6,8H,1,7H2,2-5H3,(H,12,13,14). The van der Waals surface area contributed by atoms with Crippen LogP contribution in [0.4, 0.5) is 5.13 Å². The van der Waals surface area contributed by atoms with Crippen LogP contribution in [0, 0.1) is 0 Å². The highest BCUT2D eigenvalue weighted by Crippen LogP contribution is 2.23. The first-order valence-electron chi connectivity index (χ1n) is 5.15. The van der Waals surface area contributed by atoms with E-state index in [0.717, 1.165) is 17.4 Å². The normalized spacial score (nSPS) is 13.6. The summed E-state index contributed by atoms with van der Waals surface area (Å²) in [5.74, 6) is 0.904. The lowest BCUT2D eigenvalue weighted by Crippen LogP contribution is -2.15.